The molecule has 6 heteroatoms. The molecular weight excluding hydrogens is 366 g/mol. The molecule has 2 rings (SSSR count). The molecule has 0 aliphatic heterocycles. The van der Waals surface area contributed by atoms with Gasteiger partial charge in [0.2, 0.25) is 0 Å². The maximum Gasteiger partial charge on any atom is 0.125 e. The monoisotopic (exact) mass is 376 g/mol. The van der Waals surface area contributed by atoms with Gasteiger partial charge in [0.1, 0.15) is 5.82 Å². The highest BCUT2D eigenvalue weighted by Crippen LogP contribution is 2.31. The summed E-state index contributed by atoms with van der Waals surface area (Å²) in [7, 11) is 0. The molecule has 1 atom stereocenters. The molecule has 1 unspecified atom stereocenters. The highest BCUT2D eigenvalue weighted by molar-refractivity contribution is 9.10. The SMILES string of the molecule is NCC(Nc1cc(F)ccc1Cl)c1cc(Br)ccc1Cl. The van der Waals surface area contributed by atoms with Gasteiger partial charge in [-0.15, -0.1) is 0 Å². The van der Waals surface area contributed by atoms with E-state index in [-0.39, 0.29) is 11.9 Å². The highest BCUT2D eigenvalue weighted by Gasteiger charge is 2.15. The predicted molar refractivity (Wildman–Crippen MR) is 86.0 cm³/mol. The van der Waals surface area contributed by atoms with Crippen LogP contribution in [0.2, 0.25) is 10.0 Å². The third-order valence-electron chi connectivity index (χ3n) is 2.83. The quantitative estimate of drug-likeness (QED) is 0.786. The molecule has 106 valence electrons. The van der Waals surface area contributed by atoms with E-state index in [0.717, 1.165) is 10.0 Å². The van der Waals surface area contributed by atoms with Crippen LogP contribution in [0.1, 0.15) is 11.6 Å². The van der Waals surface area contributed by atoms with Gasteiger partial charge in [-0.2, -0.15) is 0 Å². The molecule has 2 nitrogen and oxygen atoms in total. The number of hydrogen-bond donors (Lipinski definition) is 2. The Morgan fingerprint density at radius 3 is 2.55 bits per heavy atom. The van der Waals surface area contributed by atoms with Crippen LogP contribution in [0.3, 0.4) is 0 Å². The van der Waals surface area contributed by atoms with E-state index in [4.69, 9.17) is 28.9 Å². The van der Waals surface area contributed by atoms with Crippen LogP contribution in [0.15, 0.2) is 40.9 Å². The molecular formula is C14H12BrCl2FN2. The summed E-state index contributed by atoms with van der Waals surface area (Å²) in [4.78, 5) is 0. The van der Waals surface area contributed by atoms with Crippen LogP contribution in [0.5, 0.6) is 0 Å². The Kier molecular flexibility index (Phi) is 5.27. The van der Waals surface area contributed by atoms with Crippen molar-refractivity contribution in [2.45, 2.75) is 6.04 Å². The molecule has 0 saturated carbocycles. The summed E-state index contributed by atoms with van der Waals surface area (Å²) >= 11 is 15.6. The summed E-state index contributed by atoms with van der Waals surface area (Å²) in [6.07, 6.45) is 0. The Labute approximate surface area is 135 Å². The zero-order valence-electron chi connectivity index (χ0n) is 10.3. The topological polar surface area (TPSA) is 38.0 Å². The Morgan fingerprint density at radius 2 is 1.85 bits per heavy atom. The highest BCUT2D eigenvalue weighted by atomic mass is 79.9. The van der Waals surface area contributed by atoms with E-state index < -0.39 is 0 Å². The molecule has 0 heterocycles. The second kappa shape index (κ2) is 6.76. The number of hydrogen-bond acceptors (Lipinski definition) is 2. The van der Waals surface area contributed by atoms with Crippen LogP contribution in [0, 0.1) is 5.82 Å². The summed E-state index contributed by atoms with van der Waals surface area (Å²) in [6.45, 7) is 0.295. The molecule has 0 bridgehead atoms. The summed E-state index contributed by atoms with van der Waals surface area (Å²) in [5.41, 5.74) is 7.09. The zero-order valence-corrected chi connectivity index (χ0v) is 13.4. The number of nitrogens with two attached hydrogens (primary N) is 1. The number of rotatable bonds is 4. The van der Waals surface area contributed by atoms with E-state index in [1.54, 1.807) is 6.07 Å². The third-order valence-corrected chi connectivity index (χ3v) is 3.99. The van der Waals surface area contributed by atoms with Crippen LogP contribution in [0.25, 0.3) is 0 Å². The molecule has 0 aliphatic rings. The van der Waals surface area contributed by atoms with Gasteiger partial charge in [0.05, 0.1) is 16.8 Å². The maximum atomic E-state index is 13.3. The smallest absolute Gasteiger partial charge is 0.125 e. The first kappa shape index (κ1) is 15.6. The number of nitrogens with one attached hydrogen (secondary N) is 1. The maximum absolute atomic E-state index is 13.3. The molecule has 0 saturated heterocycles. The lowest BCUT2D eigenvalue weighted by atomic mass is 10.1. The van der Waals surface area contributed by atoms with E-state index in [9.17, 15) is 4.39 Å². The molecule has 0 aliphatic carbocycles. The van der Waals surface area contributed by atoms with Gasteiger partial charge in [0.15, 0.2) is 0 Å². The Hall–Kier alpha value is -0.810. The van der Waals surface area contributed by atoms with E-state index >= 15 is 0 Å². The van der Waals surface area contributed by atoms with Gasteiger partial charge < -0.3 is 11.1 Å². The molecule has 3 N–H and O–H groups in total. The van der Waals surface area contributed by atoms with Crippen molar-refractivity contribution in [1.29, 1.82) is 0 Å². The van der Waals surface area contributed by atoms with Crippen molar-refractivity contribution >= 4 is 44.8 Å². The van der Waals surface area contributed by atoms with Crippen molar-refractivity contribution in [2.75, 3.05) is 11.9 Å². The lowest BCUT2D eigenvalue weighted by molar-refractivity contribution is 0.627. The minimum Gasteiger partial charge on any atom is -0.376 e. The third kappa shape index (κ3) is 3.64. The van der Waals surface area contributed by atoms with E-state index in [1.165, 1.54) is 18.2 Å². The lowest BCUT2D eigenvalue weighted by Gasteiger charge is -2.21. The molecule has 2 aromatic carbocycles. The van der Waals surface area contributed by atoms with Crippen LogP contribution < -0.4 is 11.1 Å². The Bertz CT molecular complexity index is 622. The molecule has 0 amide bonds. The van der Waals surface area contributed by atoms with E-state index in [0.29, 0.717) is 22.3 Å². The summed E-state index contributed by atoms with van der Waals surface area (Å²) in [5, 5.41) is 4.13. The van der Waals surface area contributed by atoms with Crippen molar-refractivity contribution in [3.63, 3.8) is 0 Å². The van der Waals surface area contributed by atoms with Gasteiger partial charge >= 0.3 is 0 Å². The molecule has 0 fully saturated rings. The second-order valence-corrected chi connectivity index (χ2v) is 5.95. The standard InChI is InChI=1S/C14H12BrCl2FN2/c15-8-1-3-11(16)10(5-8)14(7-19)20-13-6-9(18)2-4-12(13)17/h1-6,14,20H,7,19H2. The van der Waals surface area contributed by atoms with Gasteiger partial charge in [0.25, 0.3) is 0 Å². The fourth-order valence-electron chi connectivity index (χ4n) is 1.84. The Morgan fingerprint density at radius 1 is 1.15 bits per heavy atom. The number of benzene rings is 2. The predicted octanol–water partition coefficient (Wildman–Crippen LogP) is 5.01. The second-order valence-electron chi connectivity index (χ2n) is 4.22. The van der Waals surface area contributed by atoms with Gasteiger partial charge in [-0.1, -0.05) is 39.1 Å². The van der Waals surface area contributed by atoms with Gasteiger partial charge in [-0.05, 0) is 42.0 Å². The summed E-state index contributed by atoms with van der Waals surface area (Å²) in [5.74, 6) is -0.368. The first-order valence-corrected chi connectivity index (χ1v) is 7.42. The van der Waals surface area contributed by atoms with Gasteiger partial charge in [-0.25, -0.2) is 4.39 Å². The Balaban J connectivity index is 2.33. The van der Waals surface area contributed by atoms with Gasteiger partial charge in [-0.3, -0.25) is 0 Å². The van der Waals surface area contributed by atoms with Crippen molar-refractivity contribution in [2.24, 2.45) is 5.73 Å². The van der Waals surface area contributed by atoms with Crippen molar-refractivity contribution in [3.05, 3.63) is 62.3 Å². The molecule has 0 radical (unpaired) electrons. The van der Waals surface area contributed by atoms with Crippen molar-refractivity contribution in [1.82, 2.24) is 0 Å². The van der Waals surface area contributed by atoms with Crippen LogP contribution >= 0.6 is 39.1 Å². The first-order chi connectivity index (χ1) is 9.51. The van der Waals surface area contributed by atoms with Crippen molar-refractivity contribution in [3.8, 4) is 0 Å². The van der Waals surface area contributed by atoms with Crippen molar-refractivity contribution < 1.29 is 4.39 Å². The lowest BCUT2D eigenvalue weighted by Crippen LogP contribution is -2.21. The molecule has 20 heavy (non-hydrogen) atoms. The number of anilines is 1. The number of halogens is 4. The summed E-state index contributed by atoms with van der Waals surface area (Å²) in [6, 6.07) is 9.36. The van der Waals surface area contributed by atoms with E-state index in [1.807, 2.05) is 12.1 Å². The van der Waals surface area contributed by atoms with Crippen LogP contribution in [-0.2, 0) is 0 Å². The molecule has 0 aromatic heterocycles. The fourth-order valence-corrected chi connectivity index (χ4v) is 2.64. The minimum absolute atomic E-state index is 0.265. The van der Waals surface area contributed by atoms with Crippen LogP contribution in [-0.4, -0.2) is 6.54 Å². The zero-order chi connectivity index (χ0) is 14.7. The average Bonchev–Trinajstić information content (AvgIpc) is 2.42. The average molecular weight is 378 g/mol. The minimum atomic E-state index is -0.368. The molecule has 2 aromatic rings. The normalized spacial score (nSPS) is 12.2. The van der Waals surface area contributed by atoms with E-state index in [2.05, 4.69) is 21.2 Å². The summed E-state index contributed by atoms with van der Waals surface area (Å²) < 4.78 is 14.2. The molecule has 0 spiro atoms. The largest absolute Gasteiger partial charge is 0.376 e. The first-order valence-electron chi connectivity index (χ1n) is 5.88. The fraction of sp³-hybridized carbons (Fsp3) is 0.143. The van der Waals surface area contributed by atoms with Gasteiger partial charge in [0, 0.05) is 16.0 Å². The van der Waals surface area contributed by atoms with Crippen LogP contribution in [0.4, 0.5) is 10.1 Å².